The molecule has 0 unspecified atom stereocenters. The van der Waals surface area contributed by atoms with E-state index in [1.807, 2.05) is 6.07 Å². The highest BCUT2D eigenvalue weighted by molar-refractivity contribution is 6.16. The van der Waals surface area contributed by atoms with Crippen LogP contribution in [0, 0.1) is 0 Å². The molecule has 10 aromatic rings. The Morgan fingerprint density at radius 2 is 1.06 bits per heavy atom. The van der Waals surface area contributed by atoms with Crippen molar-refractivity contribution in [2.24, 2.45) is 0 Å². The van der Waals surface area contributed by atoms with Gasteiger partial charge in [-0.05, 0) is 115 Å². The lowest BCUT2D eigenvalue weighted by Gasteiger charge is -2.25. The van der Waals surface area contributed by atoms with Crippen molar-refractivity contribution in [3.63, 3.8) is 0 Å². The highest BCUT2D eigenvalue weighted by atomic mass is 16.3. The van der Waals surface area contributed by atoms with E-state index in [-0.39, 0.29) is 5.41 Å². The molecule has 0 aliphatic heterocycles. The summed E-state index contributed by atoms with van der Waals surface area (Å²) in [7, 11) is 0. The zero-order chi connectivity index (χ0) is 32.4. The van der Waals surface area contributed by atoms with E-state index in [4.69, 9.17) is 8.83 Å². The van der Waals surface area contributed by atoms with E-state index in [0.717, 1.165) is 38.5 Å². The van der Waals surface area contributed by atoms with Crippen molar-refractivity contribution in [3.05, 3.63) is 157 Å². The molecule has 0 N–H and O–H groups in total. The third kappa shape index (κ3) is 3.66. The van der Waals surface area contributed by atoms with Gasteiger partial charge in [-0.3, -0.25) is 0 Å². The molecular formula is C47H30O2. The van der Waals surface area contributed by atoms with Crippen molar-refractivity contribution >= 4 is 65.4 Å². The molecule has 8 aromatic carbocycles. The molecule has 2 aromatic heterocycles. The Balaban J connectivity index is 1.14. The second kappa shape index (κ2) is 9.49. The molecule has 0 radical (unpaired) electrons. The Bertz CT molecular complexity index is 3020. The maximum Gasteiger partial charge on any atom is 0.136 e. The van der Waals surface area contributed by atoms with E-state index >= 15 is 0 Å². The summed E-state index contributed by atoms with van der Waals surface area (Å²) >= 11 is 0. The number of para-hydroxylation sites is 1. The smallest absolute Gasteiger partial charge is 0.136 e. The molecule has 0 fully saturated rings. The van der Waals surface area contributed by atoms with E-state index in [2.05, 4.69) is 153 Å². The van der Waals surface area contributed by atoms with Gasteiger partial charge in [-0.2, -0.15) is 0 Å². The molecule has 0 amide bonds. The van der Waals surface area contributed by atoms with Crippen LogP contribution in [0.4, 0.5) is 0 Å². The quantitative estimate of drug-likeness (QED) is 0.191. The topological polar surface area (TPSA) is 26.3 Å². The lowest BCUT2D eigenvalue weighted by molar-refractivity contribution is 0.662. The fourth-order valence-corrected chi connectivity index (χ4v) is 8.73. The van der Waals surface area contributed by atoms with Gasteiger partial charge in [-0.25, -0.2) is 0 Å². The zero-order valence-electron chi connectivity index (χ0n) is 27.2. The summed E-state index contributed by atoms with van der Waals surface area (Å²) in [6.45, 7) is 4.78. The molecule has 2 heteroatoms. The highest BCUT2D eigenvalue weighted by Gasteiger charge is 2.39. The molecular weight excluding hydrogens is 597 g/mol. The summed E-state index contributed by atoms with van der Waals surface area (Å²) in [5.41, 5.74) is 13.6. The largest absolute Gasteiger partial charge is 0.456 e. The number of rotatable bonds is 2. The molecule has 2 heterocycles. The average molecular weight is 627 g/mol. The van der Waals surface area contributed by atoms with Crippen molar-refractivity contribution in [2.45, 2.75) is 19.3 Å². The maximum atomic E-state index is 6.46. The van der Waals surface area contributed by atoms with Gasteiger partial charge in [0.2, 0.25) is 0 Å². The Morgan fingerprint density at radius 1 is 0.408 bits per heavy atom. The summed E-state index contributed by atoms with van der Waals surface area (Å²) in [6.07, 6.45) is 0. The summed E-state index contributed by atoms with van der Waals surface area (Å²) in [5, 5.41) is 9.58. The molecule has 49 heavy (non-hydrogen) atoms. The second-order valence-electron chi connectivity index (χ2n) is 14.1. The zero-order valence-corrected chi connectivity index (χ0v) is 27.2. The number of hydrogen-bond acceptors (Lipinski definition) is 2. The number of benzene rings is 8. The van der Waals surface area contributed by atoms with Gasteiger partial charge in [0.15, 0.2) is 0 Å². The molecule has 230 valence electrons. The standard InChI is InChI=1S/C47H30O2/c1-47(2)39-24-30(32-15-9-17-41-44(32)38-22-27-10-3-4-11-28(27)25-43(38)49-41)19-21-36(39)45-33-13-6-5-12-29(33)23-37(46(45)47)31-18-20-35-34-14-7-8-16-40(34)48-42(35)26-31/h3-26H,1-2H3. The van der Waals surface area contributed by atoms with E-state index in [1.54, 1.807) is 0 Å². The Labute approximate surface area is 282 Å². The molecule has 1 aliphatic carbocycles. The van der Waals surface area contributed by atoms with Crippen molar-refractivity contribution < 1.29 is 8.83 Å². The van der Waals surface area contributed by atoms with Gasteiger partial charge in [0.25, 0.3) is 0 Å². The van der Waals surface area contributed by atoms with Crippen LogP contribution in [-0.4, -0.2) is 0 Å². The molecule has 2 nitrogen and oxygen atoms in total. The van der Waals surface area contributed by atoms with E-state index in [0.29, 0.717) is 0 Å². The van der Waals surface area contributed by atoms with Crippen LogP contribution < -0.4 is 0 Å². The van der Waals surface area contributed by atoms with Crippen LogP contribution in [0.2, 0.25) is 0 Å². The SMILES string of the molecule is CC1(C)c2cc(-c3cccc4oc5cc6ccccc6cc5c34)ccc2-c2c1c(-c1ccc3c(c1)oc1ccccc13)cc1ccccc21. The highest BCUT2D eigenvalue weighted by Crippen LogP contribution is 2.56. The minimum absolute atomic E-state index is 0.245. The first-order chi connectivity index (χ1) is 24.0. The molecule has 1 aliphatic rings. The maximum absolute atomic E-state index is 6.46. The van der Waals surface area contributed by atoms with Gasteiger partial charge in [0, 0.05) is 27.0 Å². The monoisotopic (exact) mass is 626 g/mol. The fourth-order valence-electron chi connectivity index (χ4n) is 8.73. The van der Waals surface area contributed by atoms with Crippen LogP contribution in [0.1, 0.15) is 25.0 Å². The van der Waals surface area contributed by atoms with Gasteiger partial charge in [-0.1, -0.05) is 111 Å². The Kier molecular flexibility index (Phi) is 5.21. The van der Waals surface area contributed by atoms with Gasteiger partial charge in [0.05, 0.1) is 0 Å². The first kappa shape index (κ1) is 26.9. The van der Waals surface area contributed by atoms with Crippen molar-refractivity contribution in [1.29, 1.82) is 0 Å². The minimum atomic E-state index is -0.245. The summed E-state index contributed by atoms with van der Waals surface area (Å²) in [5.74, 6) is 0. The molecule has 0 atom stereocenters. The molecule has 0 bridgehead atoms. The van der Waals surface area contributed by atoms with Crippen LogP contribution in [0.15, 0.2) is 154 Å². The summed E-state index contributed by atoms with van der Waals surface area (Å²) < 4.78 is 12.8. The minimum Gasteiger partial charge on any atom is -0.456 e. The Morgan fingerprint density at radius 3 is 1.94 bits per heavy atom. The molecule has 0 saturated carbocycles. The summed E-state index contributed by atoms with van der Waals surface area (Å²) in [6, 6.07) is 52.8. The predicted molar refractivity (Wildman–Crippen MR) is 204 cm³/mol. The number of hydrogen-bond donors (Lipinski definition) is 0. The van der Waals surface area contributed by atoms with E-state index < -0.39 is 0 Å². The van der Waals surface area contributed by atoms with Crippen LogP contribution >= 0.6 is 0 Å². The van der Waals surface area contributed by atoms with Crippen LogP contribution in [0.5, 0.6) is 0 Å². The lowest BCUT2D eigenvalue weighted by atomic mass is 9.77. The summed E-state index contributed by atoms with van der Waals surface area (Å²) in [4.78, 5) is 0. The van der Waals surface area contributed by atoms with E-state index in [9.17, 15) is 0 Å². The van der Waals surface area contributed by atoms with Crippen molar-refractivity contribution in [1.82, 2.24) is 0 Å². The van der Waals surface area contributed by atoms with Gasteiger partial charge < -0.3 is 8.83 Å². The molecule has 11 rings (SSSR count). The van der Waals surface area contributed by atoms with Crippen LogP contribution in [-0.2, 0) is 5.41 Å². The second-order valence-corrected chi connectivity index (χ2v) is 14.1. The third-order valence-corrected chi connectivity index (χ3v) is 11.0. The van der Waals surface area contributed by atoms with E-state index in [1.165, 1.54) is 71.4 Å². The number of furan rings is 2. The van der Waals surface area contributed by atoms with Crippen LogP contribution in [0.3, 0.4) is 0 Å². The first-order valence-electron chi connectivity index (χ1n) is 17.0. The van der Waals surface area contributed by atoms with Gasteiger partial charge in [-0.15, -0.1) is 0 Å². The number of fused-ring (bicyclic) bond motifs is 12. The van der Waals surface area contributed by atoms with Crippen molar-refractivity contribution in [2.75, 3.05) is 0 Å². The predicted octanol–water partition coefficient (Wildman–Crippen LogP) is 13.4. The van der Waals surface area contributed by atoms with Gasteiger partial charge in [0.1, 0.15) is 22.3 Å². The third-order valence-electron chi connectivity index (χ3n) is 11.0. The normalized spacial score (nSPS) is 13.7. The Hall–Kier alpha value is -6.12. The fraction of sp³-hybridized carbons (Fsp3) is 0.0638. The lowest BCUT2D eigenvalue weighted by Crippen LogP contribution is -2.16. The van der Waals surface area contributed by atoms with Gasteiger partial charge >= 0.3 is 0 Å². The van der Waals surface area contributed by atoms with Crippen LogP contribution in [0.25, 0.3) is 98.8 Å². The molecule has 0 spiro atoms. The van der Waals surface area contributed by atoms with Crippen molar-refractivity contribution in [3.8, 4) is 33.4 Å². The average Bonchev–Trinajstić information content (AvgIpc) is 3.77. The molecule has 0 saturated heterocycles. The first-order valence-corrected chi connectivity index (χ1v) is 17.0.